The fourth-order valence-electron chi connectivity index (χ4n) is 2.17. The minimum atomic E-state index is -0.594. The van der Waals surface area contributed by atoms with Crippen molar-refractivity contribution >= 4 is 12.0 Å². The summed E-state index contributed by atoms with van der Waals surface area (Å²) >= 11 is 0. The summed E-state index contributed by atoms with van der Waals surface area (Å²) in [5, 5.41) is 3.03. The topological polar surface area (TPSA) is 70.8 Å². The number of benzene rings is 1. The zero-order valence-electron chi connectivity index (χ0n) is 11.8. The summed E-state index contributed by atoms with van der Waals surface area (Å²) in [7, 11) is 0. The van der Waals surface area contributed by atoms with Crippen LogP contribution in [0.3, 0.4) is 0 Å². The largest absolute Gasteiger partial charge is 0.341 e. The Hall–Kier alpha value is -2.78. The number of hydrogen-bond acceptors (Lipinski definition) is 1. The Morgan fingerprint density at radius 1 is 1.29 bits per heavy atom. The molecule has 1 aromatic heterocycles. The van der Waals surface area contributed by atoms with Crippen molar-refractivity contribution in [2.75, 3.05) is 0 Å². The lowest BCUT2D eigenvalue weighted by Gasteiger charge is -2.11. The van der Waals surface area contributed by atoms with Crippen molar-refractivity contribution in [1.82, 2.24) is 4.57 Å². The second-order valence-corrected chi connectivity index (χ2v) is 4.54. The van der Waals surface area contributed by atoms with Crippen LogP contribution in [0.25, 0.3) is 16.5 Å². The predicted octanol–water partition coefficient (Wildman–Crippen LogP) is 3.95. The van der Waals surface area contributed by atoms with Crippen LogP contribution in [-0.4, -0.2) is 10.5 Å². The number of aryl methyl sites for hydroxylation is 1. The highest BCUT2D eigenvalue weighted by molar-refractivity contribution is 5.92. The van der Waals surface area contributed by atoms with Crippen LogP contribution in [0.5, 0.6) is 0 Å². The smallest absolute Gasteiger partial charge is 0.242 e. The molecule has 0 unspecified atom stereocenters. The van der Waals surface area contributed by atoms with Gasteiger partial charge in [-0.3, -0.25) is 4.79 Å². The van der Waals surface area contributed by atoms with Gasteiger partial charge >= 0.3 is 0 Å². The van der Waals surface area contributed by atoms with Crippen molar-refractivity contribution in [2.24, 2.45) is 5.11 Å². The fraction of sp³-hybridized carbons (Fsp3) is 0.188. The summed E-state index contributed by atoms with van der Waals surface area (Å²) in [5.41, 5.74) is 11.5. The summed E-state index contributed by atoms with van der Waals surface area (Å²) in [6, 6.07) is 14.1. The highest BCUT2D eigenvalue weighted by Gasteiger charge is 2.05. The fourth-order valence-corrected chi connectivity index (χ4v) is 2.17. The third kappa shape index (κ3) is 3.84. The molecule has 5 heteroatoms. The molecule has 0 aliphatic heterocycles. The monoisotopic (exact) mass is 280 g/mol. The molecule has 0 saturated carbocycles. The van der Waals surface area contributed by atoms with Gasteiger partial charge in [-0.1, -0.05) is 37.3 Å². The van der Waals surface area contributed by atoms with E-state index in [4.69, 9.17) is 5.53 Å². The zero-order valence-corrected chi connectivity index (χ0v) is 11.8. The number of aromatic nitrogens is 1. The molecule has 106 valence electrons. The lowest BCUT2D eigenvalue weighted by atomic mass is 10.2. The van der Waals surface area contributed by atoms with Crippen molar-refractivity contribution in [3.63, 3.8) is 0 Å². The minimum Gasteiger partial charge on any atom is -0.341 e. The molecule has 1 amide bonds. The van der Waals surface area contributed by atoms with Crippen LogP contribution in [0.15, 0.2) is 53.7 Å². The van der Waals surface area contributed by atoms with E-state index in [9.17, 15) is 4.79 Å². The quantitative estimate of drug-likeness (QED) is 0.354. The molecule has 0 radical (unpaired) electrons. The number of carbonyl (C=O) groups is 1. The molecule has 2 aromatic rings. The molecule has 0 spiro atoms. The van der Waals surface area contributed by atoms with E-state index in [0.717, 1.165) is 18.7 Å². The Balaban J connectivity index is 2.28. The van der Waals surface area contributed by atoms with E-state index in [1.54, 1.807) is 6.08 Å². The van der Waals surface area contributed by atoms with Gasteiger partial charge < -0.3 is 4.57 Å². The maximum atomic E-state index is 11.2. The lowest BCUT2D eigenvalue weighted by Crippen LogP contribution is -2.05. The van der Waals surface area contributed by atoms with Gasteiger partial charge in [-0.2, -0.15) is 0 Å². The SMILES string of the molecule is CCc1ccc(C=CC(=O)N=[N+]=[N-])n1Cc1ccccc1. The lowest BCUT2D eigenvalue weighted by molar-refractivity contribution is -0.113. The van der Waals surface area contributed by atoms with E-state index in [0.29, 0.717) is 0 Å². The highest BCUT2D eigenvalue weighted by atomic mass is 16.1. The van der Waals surface area contributed by atoms with Gasteiger partial charge in [-0.05, 0) is 46.9 Å². The Morgan fingerprint density at radius 2 is 2.05 bits per heavy atom. The van der Waals surface area contributed by atoms with Crippen LogP contribution in [0.4, 0.5) is 0 Å². The number of nitrogens with zero attached hydrogens (tertiary/aromatic N) is 4. The second-order valence-electron chi connectivity index (χ2n) is 4.54. The third-order valence-corrected chi connectivity index (χ3v) is 3.19. The Labute approximate surface area is 123 Å². The maximum absolute atomic E-state index is 11.2. The standard InChI is InChI=1S/C16H16N4O/c1-2-14-8-9-15(10-11-16(21)18-19-17)20(14)12-13-6-4-3-5-7-13/h3-11H,2,12H2,1H3. The van der Waals surface area contributed by atoms with E-state index < -0.39 is 5.91 Å². The summed E-state index contributed by atoms with van der Waals surface area (Å²) < 4.78 is 2.15. The number of carbonyl (C=O) groups excluding carboxylic acids is 1. The minimum absolute atomic E-state index is 0.594. The molecule has 1 heterocycles. The summed E-state index contributed by atoms with van der Waals surface area (Å²) in [4.78, 5) is 13.7. The molecule has 0 aliphatic carbocycles. The summed E-state index contributed by atoms with van der Waals surface area (Å²) in [5.74, 6) is -0.594. The van der Waals surface area contributed by atoms with Crippen LogP contribution in [-0.2, 0) is 17.8 Å². The molecule has 1 aromatic carbocycles. The van der Waals surface area contributed by atoms with E-state index >= 15 is 0 Å². The second kappa shape index (κ2) is 7.12. The van der Waals surface area contributed by atoms with Crippen molar-refractivity contribution in [3.05, 3.63) is 75.9 Å². The Morgan fingerprint density at radius 3 is 2.71 bits per heavy atom. The first kappa shape index (κ1) is 14.6. The molecular formula is C16H16N4O. The molecule has 0 bridgehead atoms. The molecule has 0 saturated heterocycles. The van der Waals surface area contributed by atoms with Crippen molar-refractivity contribution < 1.29 is 4.79 Å². The van der Waals surface area contributed by atoms with Crippen LogP contribution in [0, 0.1) is 0 Å². The maximum Gasteiger partial charge on any atom is 0.242 e. The molecule has 0 aliphatic rings. The normalized spacial score (nSPS) is 10.5. The van der Waals surface area contributed by atoms with Gasteiger partial charge in [0.1, 0.15) is 0 Å². The third-order valence-electron chi connectivity index (χ3n) is 3.19. The van der Waals surface area contributed by atoms with E-state index in [1.165, 1.54) is 17.3 Å². The molecule has 0 N–H and O–H groups in total. The van der Waals surface area contributed by atoms with Crippen molar-refractivity contribution in [3.8, 4) is 0 Å². The van der Waals surface area contributed by atoms with Crippen molar-refractivity contribution in [2.45, 2.75) is 19.9 Å². The van der Waals surface area contributed by atoms with Gasteiger partial charge in [0.05, 0.1) is 0 Å². The van der Waals surface area contributed by atoms with Crippen LogP contribution in [0.1, 0.15) is 23.9 Å². The molecule has 0 fully saturated rings. The van der Waals surface area contributed by atoms with Gasteiger partial charge in [0.15, 0.2) is 0 Å². The van der Waals surface area contributed by atoms with E-state index in [-0.39, 0.29) is 0 Å². The van der Waals surface area contributed by atoms with Crippen LogP contribution in [0.2, 0.25) is 0 Å². The first-order chi connectivity index (χ1) is 10.2. The molecular weight excluding hydrogens is 264 g/mol. The van der Waals surface area contributed by atoms with Crippen molar-refractivity contribution in [1.29, 1.82) is 0 Å². The first-order valence-corrected chi connectivity index (χ1v) is 6.74. The average Bonchev–Trinajstić information content (AvgIpc) is 2.88. The summed E-state index contributed by atoms with van der Waals surface area (Å²) in [6.45, 7) is 2.84. The average molecular weight is 280 g/mol. The van der Waals surface area contributed by atoms with Gasteiger partial charge in [0.25, 0.3) is 0 Å². The molecule has 5 nitrogen and oxygen atoms in total. The number of azide groups is 1. The van der Waals surface area contributed by atoms with E-state index in [2.05, 4.69) is 33.6 Å². The number of hydrogen-bond donors (Lipinski definition) is 0. The molecule has 2 rings (SSSR count). The zero-order chi connectivity index (χ0) is 15.1. The first-order valence-electron chi connectivity index (χ1n) is 6.74. The van der Waals surface area contributed by atoms with Gasteiger partial charge in [-0.25, -0.2) is 0 Å². The van der Waals surface area contributed by atoms with Crippen LogP contribution < -0.4 is 0 Å². The molecule has 0 atom stereocenters. The Bertz CT molecular complexity index is 694. The van der Waals surface area contributed by atoms with Gasteiger partial charge in [-0.15, -0.1) is 0 Å². The summed E-state index contributed by atoms with van der Waals surface area (Å²) in [6.07, 6.45) is 3.88. The number of amides is 1. The predicted molar refractivity (Wildman–Crippen MR) is 82.5 cm³/mol. The highest BCUT2D eigenvalue weighted by Crippen LogP contribution is 2.15. The number of rotatable bonds is 5. The van der Waals surface area contributed by atoms with Gasteiger partial charge in [0.2, 0.25) is 5.91 Å². The Kier molecular flexibility index (Phi) is 4.96. The molecule has 21 heavy (non-hydrogen) atoms. The van der Waals surface area contributed by atoms with Gasteiger partial charge in [0, 0.05) is 22.8 Å². The van der Waals surface area contributed by atoms with Crippen LogP contribution >= 0.6 is 0 Å². The van der Waals surface area contributed by atoms with E-state index in [1.807, 2.05) is 30.3 Å².